The third kappa shape index (κ3) is 1.91. The van der Waals surface area contributed by atoms with Gasteiger partial charge in [0.1, 0.15) is 5.67 Å². The number of rotatable bonds is 2. The number of alkyl halides is 1. The largest absolute Gasteiger partial charge is 0.325 e. The number of amides is 2. The van der Waals surface area contributed by atoms with Gasteiger partial charge in [-0.25, -0.2) is 9.18 Å². The average Bonchev–Trinajstić information content (AvgIpc) is 2.68. The van der Waals surface area contributed by atoms with Crippen molar-refractivity contribution in [2.75, 3.05) is 39.9 Å². The Kier molecular flexibility index (Phi) is 2.79. The van der Waals surface area contributed by atoms with E-state index in [2.05, 4.69) is 16.0 Å². The number of carbonyl (C=O) groups is 1. The van der Waals surface area contributed by atoms with Gasteiger partial charge in [0.15, 0.2) is 0 Å². The minimum Gasteiger partial charge on any atom is -0.325 e. The fraction of sp³-hybridized carbons (Fsp3) is 0.889. The van der Waals surface area contributed by atoms with Crippen molar-refractivity contribution in [3.63, 3.8) is 0 Å². The van der Waals surface area contributed by atoms with Crippen LogP contribution >= 0.6 is 0 Å². The SMILES string of the molecule is CNCNC(=O)N1CC2CNCC2(F)C1. The second-order valence-corrected chi connectivity index (χ2v) is 4.26. The lowest BCUT2D eigenvalue weighted by molar-refractivity contribution is 0.161. The summed E-state index contributed by atoms with van der Waals surface area (Å²) in [6.45, 7) is 2.18. The van der Waals surface area contributed by atoms with Crippen molar-refractivity contribution in [1.82, 2.24) is 20.9 Å². The van der Waals surface area contributed by atoms with E-state index in [1.807, 2.05) is 0 Å². The zero-order chi connectivity index (χ0) is 10.9. The van der Waals surface area contributed by atoms with Gasteiger partial charge in [0.25, 0.3) is 0 Å². The van der Waals surface area contributed by atoms with E-state index in [4.69, 9.17) is 0 Å². The maximum Gasteiger partial charge on any atom is 0.318 e. The Bertz CT molecular complexity index is 262. The second kappa shape index (κ2) is 3.94. The molecule has 6 heteroatoms. The molecule has 2 aliphatic heterocycles. The van der Waals surface area contributed by atoms with Gasteiger partial charge in [0.2, 0.25) is 0 Å². The van der Waals surface area contributed by atoms with Crippen LogP contribution in [0.25, 0.3) is 0 Å². The Balaban J connectivity index is 1.90. The predicted octanol–water partition coefficient (Wildman–Crippen LogP) is -0.884. The van der Waals surface area contributed by atoms with Crippen molar-refractivity contribution in [3.05, 3.63) is 0 Å². The van der Waals surface area contributed by atoms with Crippen LogP contribution in [0.5, 0.6) is 0 Å². The summed E-state index contributed by atoms with van der Waals surface area (Å²) in [7, 11) is 1.75. The first-order valence-corrected chi connectivity index (χ1v) is 5.23. The van der Waals surface area contributed by atoms with Crippen molar-refractivity contribution in [2.45, 2.75) is 5.67 Å². The standard InChI is InChI=1S/C9H17FN4O/c1-11-6-13-8(15)14-3-7-2-12-4-9(7,10)5-14/h7,11-12H,2-6H2,1H3,(H,13,15). The van der Waals surface area contributed by atoms with E-state index in [9.17, 15) is 9.18 Å². The molecule has 2 unspecified atom stereocenters. The third-order valence-electron chi connectivity index (χ3n) is 3.14. The summed E-state index contributed by atoms with van der Waals surface area (Å²) in [5.41, 5.74) is -1.21. The van der Waals surface area contributed by atoms with Gasteiger partial charge in [-0.2, -0.15) is 0 Å². The van der Waals surface area contributed by atoms with Crippen LogP contribution in [-0.2, 0) is 0 Å². The highest BCUT2D eigenvalue weighted by Gasteiger charge is 2.51. The van der Waals surface area contributed by atoms with Crippen molar-refractivity contribution in [2.24, 2.45) is 5.92 Å². The summed E-state index contributed by atoms with van der Waals surface area (Å²) in [6.07, 6.45) is 0. The van der Waals surface area contributed by atoms with Crippen LogP contribution in [0.3, 0.4) is 0 Å². The number of fused-ring (bicyclic) bond motifs is 1. The van der Waals surface area contributed by atoms with Gasteiger partial charge >= 0.3 is 6.03 Å². The van der Waals surface area contributed by atoms with E-state index in [0.29, 0.717) is 26.3 Å². The quantitative estimate of drug-likeness (QED) is 0.525. The highest BCUT2D eigenvalue weighted by molar-refractivity contribution is 5.74. The summed E-state index contributed by atoms with van der Waals surface area (Å²) in [6, 6.07) is -0.184. The number of likely N-dealkylation sites (tertiary alicyclic amines) is 1. The lowest BCUT2D eigenvalue weighted by atomic mass is 9.97. The number of urea groups is 1. The fourth-order valence-electron chi connectivity index (χ4n) is 2.27. The first kappa shape index (κ1) is 10.6. The van der Waals surface area contributed by atoms with Crippen LogP contribution in [0, 0.1) is 5.92 Å². The molecule has 2 heterocycles. The summed E-state index contributed by atoms with van der Waals surface area (Å²) >= 11 is 0. The van der Waals surface area contributed by atoms with Crippen molar-refractivity contribution in [1.29, 1.82) is 0 Å². The molecule has 2 fully saturated rings. The molecule has 2 rings (SSSR count). The molecule has 15 heavy (non-hydrogen) atoms. The van der Waals surface area contributed by atoms with Gasteiger partial charge < -0.3 is 20.9 Å². The van der Waals surface area contributed by atoms with Crippen LogP contribution in [0.15, 0.2) is 0 Å². The van der Waals surface area contributed by atoms with Gasteiger partial charge in [-0.05, 0) is 7.05 Å². The Morgan fingerprint density at radius 3 is 3.20 bits per heavy atom. The van der Waals surface area contributed by atoms with Crippen molar-refractivity contribution >= 4 is 6.03 Å². The fourth-order valence-corrected chi connectivity index (χ4v) is 2.27. The van der Waals surface area contributed by atoms with Gasteiger partial charge in [-0.15, -0.1) is 0 Å². The van der Waals surface area contributed by atoms with Crippen molar-refractivity contribution in [3.8, 4) is 0 Å². The Labute approximate surface area is 88.4 Å². The molecule has 0 aliphatic carbocycles. The first-order chi connectivity index (χ1) is 7.15. The molecule has 0 aromatic carbocycles. The van der Waals surface area contributed by atoms with Gasteiger partial charge in [-0.1, -0.05) is 0 Å². The first-order valence-electron chi connectivity index (χ1n) is 5.23. The highest BCUT2D eigenvalue weighted by Crippen LogP contribution is 2.34. The number of hydrogen-bond acceptors (Lipinski definition) is 3. The molecule has 5 nitrogen and oxygen atoms in total. The van der Waals surface area contributed by atoms with Gasteiger partial charge in [0, 0.05) is 25.6 Å². The van der Waals surface area contributed by atoms with Gasteiger partial charge in [-0.3, -0.25) is 0 Å². The summed E-state index contributed by atoms with van der Waals surface area (Å²) in [5, 5.41) is 8.51. The molecule has 0 saturated carbocycles. The van der Waals surface area contributed by atoms with E-state index in [1.54, 1.807) is 11.9 Å². The van der Waals surface area contributed by atoms with Gasteiger partial charge in [0.05, 0.1) is 13.2 Å². The molecule has 2 saturated heterocycles. The number of nitrogens with zero attached hydrogens (tertiary/aromatic N) is 1. The van der Waals surface area contributed by atoms with Crippen LogP contribution in [0.2, 0.25) is 0 Å². The molecule has 3 N–H and O–H groups in total. The van der Waals surface area contributed by atoms with Crippen LogP contribution < -0.4 is 16.0 Å². The normalized spacial score (nSPS) is 34.3. The zero-order valence-electron chi connectivity index (χ0n) is 8.85. The smallest absolute Gasteiger partial charge is 0.318 e. The minimum absolute atomic E-state index is 0.0437. The molecule has 0 spiro atoms. The number of hydrogen-bond donors (Lipinski definition) is 3. The molecular formula is C9H17FN4O. The lowest BCUT2D eigenvalue weighted by Crippen LogP contribution is -2.44. The van der Waals surface area contributed by atoms with Crippen LogP contribution in [0.1, 0.15) is 0 Å². The molecule has 0 aromatic rings. The van der Waals surface area contributed by atoms with E-state index in [0.717, 1.165) is 0 Å². The van der Waals surface area contributed by atoms with E-state index in [1.165, 1.54) is 0 Å². The molecule has 0 bridgehead atoms. The maximum absolute atomic E-state index is 14.1. The van der Waals surface area contributed by atoms with Crippen LogP contribution in [0.4, 0.5) is 9.18 Å². The van der Waals surface area contributed by atoms with E-state index >= 15 is 0 Å². The monoisotopic (exact) mass is 216 g/mol. The Hall–Kier alpha value is -0.880. The number of carbonyl (C=O) groups excluding carboxylic acids is 1. The van der Waals surface area contributed by atoms with Crippen LogP contribution in [-0.4, -0.2) is 56.5 Å². The average molecular weight is 216 g/mol. The van der Waals surface area contributed by atoms with E-state index in [-0.39, 0.29) is 18.5 Å². The Morgan fingerprint density at radius 1 is 1.73 bits per heavy atom. The number of nitrogens with one attached hydrogen (secondary N) is 3. The molecule has 0 aromatic heterocycles. The molecule has 0 radical (unpaired) electrons. The summed E-state index contributed by atoms with van der Waals surface area (Å²) in [5.74, 6) is -0.0437. The topological polar surface area (TPSA) is 56.4 Å². The molecule has 2 aliphatic rings. The molecule has 2 atom stereocenters. The lowest BCUT2D eigenvalue weighted by Gasteiger charge is -2.19. The zero-order valence-corrected chi connectivity index (χ0v) is 8.85. The Morgan fingerprint density at radius 2 is 2.53 bits per heavy atom. The number of halogens is 1. The molecule has 86 valence electrons. The molecule has 2 amide bonds. The third-order valence-corrected chi connectivity index (χ3v) is 3.14. The highest BCUT2D eigenvalue weighted by atomic mass is 19.1. The molecular weight excluding hydrogens is 199 g/mol. The predicted molar refractivity (Wildman–Crippen MR) is 54.2 cm³/mol. The minimum atomic E-state index is -1.21. The summed E-state index contributed by atoms with van der Waals surface area (Å²) < 4.78 is 14.1. The maximum atomic E-state index is 14.1. The summed E-state index contributed by atoms with van der Waals surface area (Å²) in [4.78, 5) is 13.1. The van der Waals surface area contributed by atoms with Crippen molar-refractivity contribution < 1.29 is 9.18 Å². The second-order valence-electron chi connectivity index (χ2n) is 4.26. The van der Waals surface area contributed by atoms with E-state index < -0.39 is 5.67 Å².